The zero-order valence-corrected chi connectivity index (χ0v) is 15.6. The van der Waals surface area contributed by atoms with E-state index >= 15 is 0 Å². The lowest BCUT2D eigenvalue weighted by Crippen LogP contribution is -2.50. The molecule has 0 bridgehead atoms. The number of benzene rings is 1. The van der Waals surface area contributed by atoms with Crippen molar-refractivity contribution in [1.29, 1.82) is 0 Å². The van der Waals surface area contributed by atoms with Crippen LogP contribution in [0.1, 0.15) is 23.5 Å². The van der Waals surface area contributed by atoms with Crippen molar-refractivity contribution in [2.75, 3.05) is 18.9 Å². The lowest BCUT2D eigenvalue weighted by Gasteiger charge is -2.45. The van der Waals surface area contributed by atoms with E-state index in [9.17, 15) is 4.79 Å². The van der Waals surface area contributed by atoms with E-state index in [4.69, 9.17) is 0 Å². The number of amides is 1. The molecule has 1 N–H and O–H groups in total. The van der Waals surface area contributed by atoms with Gasteiger partial charge in [0.05, 0.1) is 12.1 Å². The van der Waals surface area contributed by atoms with Crippen molar-refractivity contribution in [3.63, 3.8) is 0 Å². The highest BCUT2D eigenvalue weighted by atomic mass is 16.2. The number of likely N-dealkylation sites (N-methyl/N-ethyl adjacent to an activating group) is 1. The van der Waals surface area contributed by atoms with Crippen LogP contribution in [0.15, 0.2) is 43.0 Å². The summed E-state index contributed by atoms with van der Waals surface area (Å²) in [6.45, 7) is 0.769. The molecule has 1 aliphatic carbocycles. The fourth-order valence-electron chi connectivity index (χ4n) is 5.00. The van der Waals surface area contributed by atoms with Gasteiger partial charge in [-0.25, -0.2) is 4.98 Å². The van der Waals surface area contributed by atoms with Crippen molar-refractivity contribution >= 4 is 22.6 Å². The predicted octanol–water partition coefficient (Wildman–Crippen LogP) is 2.57. The van der Waals surface area contributed by atoms with Crippen molar-refractivity contribution in [2.24, 2.45) is 13.0 Å². The number of rotatable bonds is 2. The van der Waals surface area contributed by atoms with Gasteiger partial charge < -0.3 is 14.8 Å². The maximum Gasteiger partial charge on any atom is 0.229 e. The highest BCUT2D eigenvalue weighted by molar-refractivity contribution is 5.92. The second kappa shape index (κ2) is 6.16. The smallest absolute Gasteiger partial charge is 0.229 e. The van der Waals surface area contributed by atoms with E-state index in [0.717, 1.165) is 19.4 Å². The van der Waals surface area contributed by atoms with Crippen LogP contribution in [-0.2, 0) is 18.3 Å². The number of aryl methyl sites for hydroxylation is 1. The van der Waals surface area contributed by atoms with Gasteiger partial charge in [-0.05, 0) is 37.1 Å². The molecule has 1 fully saturated rings. The Morgan fingerprint density at radius 3 is 2.96 bits per heavy atom. The van der Waals surface area contributed by atoms with Crippen LogP contribution >= 0.6 is 0 Å². The molecule has 1 amide bonds. The largest absolute Gasteiger partial charge is 0.350 e. The Morgan fingerprint density at radius 1 is 1.26 bits per heavy atom. The monoisotopic (exact) mass is 361 g/mol. The first-order chi connectivity index (χ1) is 13.1. The number of nitrogens with zero attached hydrogens (tertiary/aromatic N) is 4. The summed E-state index contributed by atoms with van der Waals surface area (Å²) >= 11 is 0. The fraction of sp³-hybridized carbons (Fsp3) is 0.381. The molecule has 2 aliphatic rings. The molecule has 1 unspecified atom stereocenters. The van der Waals surface area contributed by atoms with Crippen LogP contribution < -0.4 is 5.32 Å². The van der Waals surface area contributed by atoms with Gasteiger partial charge in [-0.2, -0.15) is 0 Å². The van der Waals surface area contributed by atoms with E-state index < -0.39 is 0 Å². The molecule has 5 rings (SSSR count). The van der Waals surface area contributed by atoms with Crippen molar-refractivity contribution in [3.8, 4) is 0 Å². The predicted molar refractivity (Wildman–Crippen MR) is 105 cm³/mol. The topological polar surface area (TPSA) is 63.1 Å². The molecule has 3 heterocycles. The van der Waals surface area contributed by atoms with Gasteiger partial charge in [0, 0.05) is 55.0 Å². The Hall–Kier alpha value is -2.73. The summed E-state index contributed by atoms with van der Waals surface area (Å²) in [4.78, 5) is 23.4. The number of piperidine rings is 1. The first-order valence-corrected chi connectivity index (χ1v) is 9.45. The molecule has 138 valence electrons. The van der Waals surface area contributed by atoms with Crippen molar-refractivity contribution in [2.45, 2.75) is 24.8 Å². The number of hydrogen-bond acceptors (Lipinski definition) is 4. The summed E-state index contributed by atoms with van der Waals surface area (Å²) in [5.74, 6) is 0.869. The fourth-order valence-corrected chi connectivity index (χ4v) is 5.00. The summed E-state index contributed by atoms with van der Waals surface area (Å²) in [6.07, 6.45) is 8.98. The van der Waals surface area contributed by atoms with Gasteiger partial charge in [-0.1, -0.05) is 12.1 Å². The second-order valence-corrected chi connectivity index (χ2v) is 7.84. The third-order valence-corrected chi connectivity index (χ3v) is 6.22. The van der Waals surface area contributed by atoms with Gasteiger partial charge >= 0.3 is 0 Å². The summed E-state index contributed by atoms with van der Waals surface area (Å²) < 4.78 is 2.23. The molecule has 6 nitrogen and oxygen atoms in total. The summed E-state index contributed by atoms with van der Waals surface area (Å²) in [5.41, 5.74) is 4.11. The summed E-state index contributed by atoms with van der Waals surface area (Å²) in [7, 11) is 4.26. The quantitative estimate of drug-likeness (QED) is 0.762. The number of nitrogens with one attached hydrogen (secondary N) is 1. The molecule has 3 aromatic rings. The minimum atomic E-state index is -0.0567. The molecule has 0 spiro atoms. The molecular formula is C21H23N5O. The third kappa shape index (κ3) is 2.63. The van der Waals surface area contributed by atoms with Crippen molar-refractivity contribution < 1.29 is 4.79 Å². The molecule has 3 atom stereocenters. The second-order valence-electron chi connectivity index (χ2n) is 7.84. The van der Waals surface area contributed by atoms with Gasteiger partial charge in [0.15, 0.2) is 5.82 Å². The van der Waals surface area contributed by atoms with E-state index in [1.54, 1.807) is 18.6 Å². The zero-order valence-electron chi connectivity index (χ0n) is 15.6. The highest BCUT2D eigenvalue weighted by Gasteiger charge is 2.41. The first-order valence-electron chi connectivity index (χ1n) is 9.45. The Kier molecular flexibility index (Phi) is 3.75. The lowest BCUT2D eigenvalue weighted by atomic mass is 9.72. The summed E-state index contributed by atoms with van der Waals surface area (Å²) in [6, 6.07) is 7.03. The van der Waals surface area contributed by atoms with Gasteiger partial charge in [-0.3, -0.25) is 9.78 Å². The number of anilines is 1. The number of likely N-dealkylation sites (tertiary alicyclic amines) is 1. The molecule has 2 aromatic heterocycles. The van der Waals surface area contributed by atoms with Crippen LogP contribution in [0.5, 0.6) is 0 Å². The molecule has 1 saturated heterocycles. The first kappa shape index (κ1) is 16.4. The maximum atomic E-state index is 12.9. The Bertz CT molecular complexity index is 1010. The number of hydrogen-bond donors (Lipinski definition) is 1. The highest BCUT2D eigenvalue weighted by Crippen LogP contribution is 2.44. The normalized spacial score (nSPS) is 24.6. The van der Waals surface area contributed by atoms with Gasteiger partial charge in [0.2, 0.25) is 5.91 Å². The van der Waals surface area contributed by atoms with Crippen molar-refractivity contribution in [3.05, 3.63) is 54.1 Å². The van der Waals surface area contributed by atoms with Crippen LogP contribution in [0, 0.1) is 5.92 Å². The molecular weight excluding hydrogens is 338 g/mol. The molecule has 0 radical (unpaired) electrons. The van der Waals surface area contributed by atoms with E-state index in [2.05, 4.69) is 63.2 Å². The number of carbonyl (C=O) groups is 1. The SMILES string of the molecule is CN1CC(C(=O)Nc2cnccn2)C[C@@H]2c3cccc4c3c(cn4C)C[C@H]21. The van der Waals surface area contributed by atoms with E-state index in [1.165, 1.54) is 22.0 Å². The van der Waals surface area contributed by atoms with Crippen LogP contribution in [0.4, 0.5) is 5.82 Å². The number of aromatic nitrogens is 3. The molecule has 1 aliphatic heterocycles. The van der Waals surface area contributed by atoms with Crippen LogP contribution in [0.2, 0.25) is 0 Å². The van der Waals surface area contributed by atoms with Crippen LogP contribution in [0.25, 0.3) is 10.9 Å². The lowest BCUT2D eigenvalue weighted by molar-refractivity contribution is -0.122. The minimum absolute atomic E-state index is 0.0341. The minimum Gasteiger partial charge on any atom is -0.350 e. The Morgan fingerprint density at radius 2 is 2.15 bits per heavy atom. The standard InChI is InChI=1S/C21H23N5O/c1-25-11-13-9-18-16(15-4-3-5-17(25)20(13)15)8-14(12-26(18)2)21(27)24-19-10-22-6-7-23-19/h3-7,10-11,14,16,18H,8-9,12H2,1-2H3,(H,23,24,27)/t14?,16-,18-/m1/s1. The van der Waals surface area contributed by atoms with E-state index in [-0.39, 0.29) is 11.8 Å². The zero-order chi connectivity index (χ0) is 18.5. The van der Waals surface area contributed by atoms with Gasteiger partial charge in [0.1, 0.15) is 0 Å². The molecule has 0 saturated carbocycles. The average molecular weight is 361 g/mol. The van der Waals surface area contributed by atoms with Crippen LogP contribution in [0.3, 0.4) is 0 Å². The average Bonchev–Trinajstić information content (AvgIpc) is 3.00. The van der Waals surface area contributed by atoms with E-state index in [1.807, 2.05) is 0 Å². The van der Waals surface area contributed by atoms with Crippen molar-refractivity contribution in [1.82, 2.24) is 19.4 Å². The molecule has 6 heteroatoms. The number of fused-ring (bicyclic) bond motifs is 2. The van der Waals surface area contributed by atoms with Crippen LogP contribution in [-0.4, -0.2) is 45.0 Å². The Labute approximate surface area is 158 Å². The van der Waals surface area contributed by atoms with Gasteiger partial charge in [-0.15, -0.1) is 0 Å². The molecule has 1 aromatic carbocycles. The van der Waals surface area contributed by atoms with Gasteiger partial charge in [0.25, 0.3) is 0 Å². The Balaban J connectivity index is 1.47. The van der Waals surface area contributed by atoms with E-state index in [0.29, 0.717) is 17.8 Å². The third-order valence-electron chi connectivity index (χ3n) is 6.22. The molecule has 27 heavy (non-hydrogen) atoms. The maximum absolute atomic E-state index is 12.9. The number of carbonyl (C=O) groups excluding carboxylic acids is 1. The summed E-state index contributed by atoms with van der Waals surface area (Å²) in [5, 5.41) is 4.33.